The fourth-order valence-corrected chi connectivity index (χ4v) is 4.48. The van der Waals surface area contributed by atoms with E-state index in [0.717, 1.165) is 36.9 Å². The maximum Gasteiger partial charge on any atom is 0.326 e. The Bertz CT molecular complexity index is 1160. The van der Waals surface area contributed by atoms with Gasteiger partial charge in [0.2, 0.25) is 0 Å². The second-order valence-electron chi connectivity index (χ2n) is 8.84. The van der Waals surface area contributed by atoms with Gasteiger partial charge in [-0.15, -0.1) is 0 Å². The van der Waals surface area contributed by atoms with Gasteiger partial charge in [-0.2, -0.15) is 5.10 Å². The highest BCUT2D eigenvalue weighted by molar-refractivity contribution is 6.07. The van der Waals surface area contributed by atoms with Crippen molar-refractivity contribution in [3.8, 4) is 0 Å². The van der Waals surface area contributed by atoms with Crippen LogP contribution in [0.1, 0.15) is 59.4 Å². The number of carboxylic acid groups (broad SMARTS) is 1. The number of carbonyl (C=O) groups is 2. The number of aromatic nitrogens is 3. The number of benzene rings is 1. The van der Waals surface area contributed by atoms with E-state index in [2.05, 4.69) is 22.5 Å². The monoisotopic (exact) mass is 464 g/mol. The van der Waals surface area contributed by atoms with E-state index in [0.29, 0.717) is 37.0 Å². The molecule has 0 radical (unpaired) electrons. The molecule has 8 heteroatoms. The topological polar surface area (TPSA) is 106 Å². The van der Waals surface area contributed by atoms with Crippen LogP contribution in [0.4, 0.5) is 0 Å². The van der Waals surface area contributed by atoms with E-state index >= 15 is 0 Å². The Morgan fingerprint density at radius 3 is 2.82 bits per heavy atom. The molecule has 2 aromatic heterocycles. The molecule has 8 nitrogen and oxygen atoms in total. The number of carboxylic acids is 1. The van der Waals surface area contributed by atoms with Gasteiger partial charge in [0.15, 0.2) is 0 Å². The van der Waals surface area contributed by atoms with Crippen molar-refractivity contribution in [1.29, 1.82) is 0 Å². The van der Waals surface area contributed by atoms with Crippen LogP contribution >= 0.6 is 0 Å². The number of rotatable bonds is 11. The van der Waals surface area contributed by atoms with Gasteiger partial charge in [0, 0.05) is 37.0 Å². The molecule has 1 atom stereocenters. The molecule has 0 bridgehead atoms. The molecule has 180 valence electrons. The van der Waals surface area contributed by atoms with E-state index in [9.17, 15) is 14.7 Å². The SMILES string of the molecule is Cn1ncc2c(C(=O)N[C@@H](CCCOCCCc3ccc4c(n3)CCCC4)C(=O)O)cccc21. The predicted octanol–water partition coefficient (Wildman–Crippen LogP) is 3.46. The Kier molecular flexibility index (Phi) is 7.90. The highest BCUT2D eigenvalue weighted by atomic mass is 16.5. The minimum atomic E-state index is -1.05. The number of amides is 1. The summed E-state index contributed by atoms with van der Waals surface area (Å²) in [6, 6.07) is 8.68. The fraction of sp³-hybridized carbons (Fsp3) is 0.462. The first kappa shape index (κ1) is 23.9. The van der Waals surface area contributed by atoms with Crippen LogP contribution in [-0.2, 0) is 35.8 Å². The van der Waals surface area contributed by atoms with E-state index < -0.39 is 17.9 Å². The van der Waals surface area contributed by atoms with Gasteiger partial charge in [-0.3, -0.25) is 14.5 Å². The van der Waals surface area contributed by atoms with Crippen LogP contribution in [0, 0.1) is 0 Å². The quantitative estimate of drug-likeness (QED) is 0.421. The van der Waals surface area contributed by atoms with Gasteiger partial charge >= 0.3 is 5.97 Å². The third kappa shape index (κ3) is 5.80. The van der Waals surface area contributed by atoms with Crippen LogP contribution in [0.25, 0.3) is 10.9 Å². The van der Waals surface area contributed by atoms with E-state index in [-0.39, 0.29) is 0 Å². The first-order valence-electron chi connectivity index (χ1n) is 12.0. The summed E-state index contributed by atoms with van der Waals surface area (Å²) < 4.78 is 7.38. The summed E-state index contributed by atoms with van der Waals surface area (Å²) in [6.45, 7) is 1.06. The molecular weight excluding hydrogens is 432 g/mol. The number of nitrogens with one attached hydrogen (secondary N) is 1. The van der Waals surface area contributed by atoms with Gasteiger partial charge in [-0.25, -0.2) is 4.79 Å². The summed E-state index contributed by atoms with van der Waals surface area (Å²) >= 11 is 0. The average Bonchev–Trinajstić information content (AvgIpc) is 3.23. The molecule has 0 unspecified atom stereocenters. The lowest BCUT2D eigenvalue weighted by molar-refractivity contribution is -0.139. The number of nitrogens with zero attached hydrogens (tertiary/aromatic N) is 3. The Balaban J connectivity index is 1.18. The number of aryl methyl sites for hydroxylation is 4. The van der Waals surface area contributed by atoms with Crippen LogP contribution in [0.5, 0.6) is 0 Å². The molecule has 0 aliphatic heterocycles. The van der Waals surface area contributed by atoms with Crippen LogP contribution in [0.15, 0.2) is 36.5 Å². The summed E-state index contributed by atoms with van der Waals surface area (Å²) in [6.07, 6.45) is 8.93. The summed E-state index contributed by atoms with van der Waals surface area (Å²) in [5.41, 5.74) is 5.00. The van der Waals surface area contributed by atoms with E-state index in [1.165, 1.54) is 24.1 Å². The minimum Gasteiger partial charge on any atom is -0.480 e. The largest absolute Gasteiger partial charge is 0.480 e. The van der Waals surface area contributed by atoms with Crippen molar-refractivity contribution in [2.75, 3.05) is 13.2 Å². The average molecular weight is 465 g/mol. The van der Waals surface area contributed by atoms with E-state index in [1.54, 1.807) is 30.1 Å². The number of hydrogen-bond donors (Lipinski definition) is 2. The second kappa shape index (κ2) is 11.2. The Morgan fingerprint density at radius 2 is 1.97 bits per heavy atom. The van der Waals surface area contributed by atoms with Gasteiger partial charge in [0.1, 0.15) is 6.04 Å². The molecule has 0 spiro atoms. The van der Waals surface area contributed by atoms with Crippen LogP contribution < -0.4 is 5.32 Å². The van der Waals surface area contributed by atoms with Crippen molar-refractivity contribution in [3.63, 3.8) is 0 Å². The summed E-state index contributed by atoms with van der Waals surface area (Å²) in [5, 5.41) is 17.1. The summed E-state index contributed by atoms with van der Waals surface area (Å²) in [7, 11) is 1.80. The van der Waals surface area contributed by atoms with Crippen LogP contribution in [-0.4, -0.2) is 51.0 Å². The van der Waals surface area contributed by atoms with E-state index in [1.807, 2.05) is 6.07 Å². The fourth-order valence-electron chi connectivity index (χ4n) is 4.48. The normalized spacial score (nSPS) is 14.0. The molecule has 4 rings (SSSR count). The van der Waals surface area contributed by atoms with Crippen molar-refractivity contribution in [1.82, 2.24) is 20.1 Å². The molecule has 1 aromatic carbocycles. The lowest BCUT2D eigenvalue weighted by Gasteiger charge is -2.16. The number of carbonyl (C=O) groups excluding carboxylic acids is 1. The summed E-state index contributed by atoms with van der Waals surface area (Å²) in [5.74, 6) is -1.46. The Labute approximate surface area is 199 Å². The first-order chi connectivity index (χ1) is 16.5. The molecule has 34 heavy (non-hydrogen) atoms. The third-order valence-corrected chi connectivity index (χ3v) is 6.38. The predicted molar refractivity (Wildman–Crippen MR) is 129 cm³/mol. The number of pyridine rings is 1. The Hall–Kier alpha value is -3.26. The number of hydrogen-bond acceptors (Lipinski definition) is 5. The molecule has 3 aromatic rings. The molecular formula is C26H32N4O4. The van der Waals surface area contributed by atoms with Gasteiger partial charge in [-0.1, -0.05) is 12.1 Å². The summed E-state index contributed by atoms with van der Waals surface area (Å²) in [4.78, 5) is 29.2. The zero-order valence-electron chi connectivity index (χ0n) is 19.6. The lowest BCUT2D eigenvalue weighted by atomic mass is 9.95. The van der Waals surface area contributed by atoms with Gasteiger partial charge < -0.3 is 15.2 Å². The second-order valence-corrected chi connectivity index (χ2v) is 8.84. The first-order valence-corrected chi connectivity index (χ1v) is 12.0. The van der Waals surface area contributed by atoms with Crippen molar-refractivity contribution >= 4 is 22.8 Å². The number of aliphatic carboxylic acids is 1. The molecule has 2 heterocycles. The highest BCUT2D eigenvalue weighted by Crippen LogP contribution is 2.20. The lowest BCUT2D eigenvalue weighted by Crippen LogP contribution is -2.41. The molecule has 2 N–H and O–H groups in total. The molecule has 1 amide bonds. The third-order valence-electron chi connectivity index (χ3n) is 6.38. The van der Waals surface area contributed by atoms with Crippen molar-refractivity contribution in [2.45, 2.75) is 57.4 Å². The minimum absolute atomic E-state index is 0.302. The number of ether oxygens (including phenoxy) is 1. The van der Waals surface area contributed by atoms with Crippen molar-refractivity contribution < 1.29 is 19.4 Å². The van der Waals surface area contributed by atoms with Gasteiger partial charge in [0.25, 0.3) is 5.91 Å². The zero-order valence-corrected chi connectivity index (χ0v) is 19.6. The highest BCUT2D eigenvalue weighted by Gasteiger charge is 2.22. The van der Waals surface area contributed by atoms with Crippen molar-refractivity contribution in [3.05, 3.63) is 59.0 Å². The maximum absolute atomic E-state index is 12.7. The standard InChI is InChI=1S/C26H32N4O4/c1-30-24-12-4-9-20(21(24)17-27-30)25(31)29-23(26(32)33)11-6-16-34-15-5-8-19-14-13-18-7-2-3-10-22(18)28-19/h4,9,12-14,17,23H,2-3,5-8,10-11,15-16H2,1H3,(H,29,31)(H,32,33)/t23-/m0/s1. The van der Waals surface area contributed by atoms with Crippen LogP contribution in [0.2, 0.25) is 0 Å². The smallest absolute Gasteiger partial charge is 0.326 e. The van der Waals surface area contributed by atoms with Gasteiger partial charge in [-0.05, 0) is 75.1 Å². The molecule has 1 aliphatic carbocycles. The van der Waals surface area contributed by atoms with Gasteiger partial charge in [0.05, 0.1) is 17.3 Å². The van der Waals surface area contributed by atoms with Crippen molar-refractivity contribution in [2.24, 2.45) is 7.05 Å². The number of fused-ring (bicyclic) bond motifs is 2. The zero-order chi connectivity index (χ0) is 23.9. The maximum atomic E-state index is 12.7. The van der Waals surface area contributed by atoms with E-state index in [4.69, 9.17) is 9.72 Å². The Morgan fingerprint density at radius 1 is 1.15 bits per heavy atom. The molecule has 0 saturated carbocycles. The molecule has 0 fully saturated rings. The molecule has 0 saturated heterocycles. The molecule has 1 aliphatic rings. The van der Waals surface area contributed by atoms with Crippen LogP contribution in [0.3, 0.4) is 0 Å².